The summed E-state index contributed by atoms with van der Waals surface area (Å²) in [5, 5.41) is 8.51. The molecule has 0 saturated carbocycles. The summed E-state index contributed by atoms with van der Waals surface area (Å²) in [5.41, 5.74) is 0. The van der Waals surface area contributed by atoms with Crippen molar-refractivity contribution in [3.05, 3.63) is 12.7 Å². The van der Waals surface area contributed by atoms with Gasteiger partial charge >= 0.3 is 5.97 Å². The van der Waals surface area contributed by atoms with Crippen LogP contribution in [0, 0.1) is 5.92 Å². The molecule has 0 heterocycles. The van der Waals surface area contributed by atoms with Crippen molar-refractivity contribution in [2.24, 2.45) is 5.92 Å². The third kappa shape index (κ3) is 5.98. The number of rotatable bonds is 6. The summed E-state index contributed by atoms with van der Waals surface area (Å²) >= 11 is 1.66. The summed E-state index contributed by atoms with van der Waals surface area (Å²) in [4.78, 5) is 10.3. The number of hydrogen-bond acceptors (Lipinski definition) is 2. The Balaban J connectivity index is 3.24. The molecule has 1 N–H and O–H groups in total. The molecule has 0 aliphatic carbocycles. The van der Waals surface area contributed by atoms with Gasteiger partial charge in [-0.3, -0.25) is 4.79 Å². The number of allylic oxidation sites excluding steroid dienone is 1. The van der Waals surface area contributed by atoms with Gasteiger partial charge in [-0.1, -0.05) is 13.0 Å². The topological polar surface area (TPSA) is 37.3 Å². The molecule has 0 aliphatic rings. The molecule has 0 saturated heterocycles. The lowest BCUT2D eigenvalue weighted by Crippen LogP contribution is -2.11. The highest BCUT2D eigenvalue weighted by Gasteiger charge is 2.09. The van der Waals surface area contributed by atoms with Crippen molar-refractivity contribution in [1.82, 2.24) is 0 Å². The lowest BCUT2D eigenvalue weighted by Gasteiger charge is -2.03. The first-order valence-corrected chi connectivity index (χ1v) is 4.75. The van der Waals surface area contributed by atoms with E-state index in [1.165, 1.54) is 0 Å². The first-order valence-electron chi connectivity index (χ1n) is 3.60. The van der Waals surface area contributed by atoms with Gasteiger partial charge in [0.1, 0.15) is 0 Å². The molecule has 0 amide bonds. The van der Waals surface area contributed by atoms with Crippen LogP contribution >= 0.6 is 11.8 Å². The smallest absolute Gasteiger partial charge is 0.307 e. The van der Waals surface area contributed by atoms with Crippen molar-refractivity contribution in [2.75, 3.05) is 11.5 Å². The normalized spacial score (nSPS) is 12.5. The van der Waals surface area contributed by atoms with Gasteiger partial charge in [-0.2, -0.15) is 11.8 Å². The molecule has 64 valence electrons. The predicted octanol–water partition coefficient (Wildman–Crippen LogP) is 2.02. The largest absolute Gasteiger partial charge is 0.481 e. The van der Waals surface area contributed by atoms with Crippen LogP contribution in [-0.2, 0) is 4.79 Å². The van der Waals surface area contributed by atoms with Crippen molar-refractivity contribution >= 4 is 17.7 Å². The number of thioether (sulfide) groups is 1. The maximum absolute atomic E-state index is 10.3. The summed E-state index contributed by atoms with van der Waals surface area (Å²) in [7, 11) is 0. The van der Waals surface area contributed by atoms with E-state index < -0.39 is 5.97 Å². The fourth-order valence-corrected chi connectivity index (χ4v) is 1.49. The van der Waals surface area contributed by atoms with Crippen molar-refractivity contribution in [2.45, 2.75) is 13.3 Å². The van der Waals surface area contributed by atoms with Crippen molar-refractivity contribution in [3.8, 4) is 0 Å². The van der Waals surface area contributed by atoms with E-state index in [1.54, 1.807) is 18.7 Å². The van der Waals surface area contributed by atoms with Crippen molar-refractivity contribution < 1.29 is 9.90 Å². The highest BCUT2D eigenvalue weighted by molar-refractivity contribution is 7.99. The summed E-state index contributed by atoms with van der Waals surface area (Å²) in [6, 6.07) is 0. The summed E-state index contributed by atoms with van der Waals surface area (Å²) in [6.07, 6.45) is 2.80. The Morgan fingerprint density at radius 3 is 2.91 bits per heavy atom. The second-order valence-corrected chi connectivity index (χ2v) is 3.54. The van der Waals surface area contributed by atoms with E-state index >= 15 is 0 Å². The van der Waals surface area contributed by atoms with E-state index in [1.807, 2.05) is 6.08 Å². The van der Waals surface area contributed by atoms with E-state index in [0.29, 0.717) is 5.75 Å². The van der Waals surface area contributed by atoms with Crippen LogP contribution in [0.25, 0.3) is 0 Å². The highest BCUT2D eigenvalue weighted by atomic mass is 32.2. The minimum atomic E-state index is -0.712. The van der Waals surface area contributed by atoms with Gasteiger partial charge in [0.2, 0.25) is 0 Å². The third-order valence-electron chi connectivity index (χ3n) is 1.26. The lowest BCUT2D eigenvalue weighted by atomic mass is 10.2. The number of hydrogen-bond donors (Lipinski definition) is 1. The Bertz CT molecular complexity index is 134. The fraction of sp³-hybridized carbons (Fsp3) is 0.625. The van der Waals surface area contributed by atoms with E-state index in [9.17, 15) is 4.79 Å². The Morgan fingerprint density at radius 1 is 1.82 bits per heavy atom. The maximum atomic E-state index is 10.3. The minimum absolute atomic E-state index is 0.232. The molecule has 0 unspecified atom stereocenters. The lowest BCUT2D eigenvalue weighted by molar-refractivity contribution is -0.140. The van der Waals surface area contributed by atoms with Crippen LogP contribution in [0.5, 0.6) is 0 Å². The molecule has 0 aromatic rings. The predicted molar refractivity (Wildman–Crippen MR) is 48.9 cm³/mol. The van der Waals surface area contributed by atoms with Crippen molar-refractivity contribution in [1.29, 1.82) is 0 Å². The fourth-order valence-electron chi connectivity index (χ4n) is 0.498. The van der Waals surface area contributed by atoms with Gasteiger partial charge in [0.05, 0.1) is 5.92 Å². The molecule has 0 rings (SSSR count). The van der Waals surface area contributed by atoms with E-state index in [-0.39, 0.29) is 5.92 Å². The Labute approximate surface area is 71.7 Å². The van der Waals surface area contributed by atoms with Gasteiger partial charge in [0.25, 0.3) is 0 Å². The molecule has 3 heteroatoms. The quantitative estimate of drug-likeness (QED) is 0.494. The van der Waals surface area contributed by atoms with Crippen LogP contribution in [0.3, 0.4) is 0 Å². The van der Waals surface area contributed by atoms with E-state index in [4.69, 9.17) is 5.11 Å². The molecule has 0 fully saturated rings. The van der Waals surface area contributed by atoms with Gasteiger partial charge in [-0.25, -0.2) is 0 Å². The van der Waals surface area contributed by atoms with Crippen LogP contribution in [0.1, 0.15) is 13.3 Å². The first-order chi connectivity index (χ1) is 5.18. The summed E-state index contributed by atoms with van der Waals surface area (Å²) in [5.74, 6) is 0.727. The summed E-state index contributed by atoms with van der Waals surface area (Å²) < 4.78 is 0. The monoisotopic (exact) mass is 174 g/mol. The zero-order valence-corrected chi connectivity index (χ0v) is 7.56. The molecule has 0 aliphatic heterocycles. The van der Waals surface area contributed by atoms with Crippen LogP contribution in [-0.4, -0.2) is 22.6 Å². The van der Waals surface area contributed by atoms with Gasteiger partial charge < -0.3 is 5.11 Å². The van der Waals surface area contributed by atoms with Crippen LogP contribution in [0.4, 0.5) is 0 Å². The van der Waals surface area contributed by atoms with Crippen LogP contribution < -0.4 is 0 Å². The zero-order chi connectivity index (χ0) is 8.69. The summed E-state index contributed by atoms with van der Waals surface area (Å²) in [6.45, 7) is 5.31. The Hall–Kier alpha value is -0.440. The molecule has 0 aromatic carbocycles. The van der Waals surface area contributed by atoms with E-state index in [0.717, 1.165) is 12.2 Å². The highest BCUT2D eigenvalue weighted by Crippen LogP contribution is 2.09. The molecule has 0 aromatic heterocycles. The molecule has 0 spiro atoms. The van der Waals surface area contributed by atoms with E-state index in [2.05, 4.69) is 6.58 Å². The molecule has 11 heavy (non-hydrogen) atoms. The molecular formula is C8H14O2S. The number of carboxylic acids is 1. The van der Waals surface area contributed by atoms with Gasteiger partial charge in [-0.05, 0) is 12.2 Å². The Kier molecular flexibility index (Phi) is 6.03. The molecule has 1 atom stereocenters. The van der Waals surface area contributed by atoms with Gasteiger partial charge in [-0.15, -0.1) is 6.58 Å². The molecular weight excluding hydrogens is 160 g/mol. The number of carbonyl (C=O) groups is 1. The van der Waals surface area contributed by atoms with Crippen molar-refractivity contribution in [3.63, 3.8) is 0 Å². The number of carboxylic acid groups (broad SMARTS) is 1. The second kappa shape index (κ2) is 6.28. The average molecular weight is 174 g/mol. The second-order valence-electron chi connectivity index (χ2n) is 2.39. The SMILES string of the molecule is C=CCCSC[C@@H](C)C(=O)O. The van der Waals surface area contributed by atoms with Gasteiger partial charge in [0, 0.05) is 5.75 Å². The van der Waals surface area contributed by atoms with Crippen LogP contribution in [0.2, 0.25) is 0 Å². The molecule has 0 radical (unpaired) electrons. The molecule has 2 nitrogen and oxygen atoms in total. The standard InChI is InChI=1S/C8H14O2S/c1-3-4-5-11-6-7(2)8(9)10/h3,7H,1,4-6H2,2H3,(H,9,10)/t7-/m1/s1. The zero-order valence-electron chi connectivity index (χ0n) is 6.75. The van der Waals surface area contributed by atoms with Gasteiger partial charge in [0.15, 0.2) is 0 Å². The maximum Gasteiger partial charge on any atom is 0.307 e. The average Bonchev–Trinajstić information content (AvgIpc) is 1.97. The first kappa shape index (κ1) is 10.6. The minimum Gasteiger partial charge on any atom is -0.481 e. The Morgan fingerprint density at radius 2 is 2.45 bits per heavy atom. The van der Waals surface area contributed by atoms with Crippen LogP contribution in [0.15, 0.2) is 12.7 Å². The number of aliphatic carboxylic acids is 1. The third-order valence-corrected chi connectivity index (χ3v) is 2.52. The molecule has 0 bridgehead atoms.